The largest absolute Gasteiger partial charge is 0.453 e. The molecule has 0 unspecified atom stereocenters. The molecular formula is C19H18O2. The molecule has 0 aliphatic rings. The smallest absolute Gasteiger partial charge is 0.198 e. The van der Waals surface area contributed by atoms with Crippen LogP contribution in [0.25, 0.3) is 11.0 Å². The van der Waals surface area contributed by atoms with Gasteiger partial charge in [-0.2, -0.15) is 0 Å². The summed E-state index contributed by atoms with van der Waals surface area (Å²) >= 11 is 0. The van der Waals surface area contributed by atoms with Crippen LogP contribution in [0, 0.1) is 13.8 Å². The van der Waals surface area contributed by atoms with Gasteiger partial charge in [-0.15, -0.1) is 0 Å². The predicted octanol–water partition coefficient (Wildman–Crippen LogP) is 4.87. The van der Waals surface area contributed by atoms with E-state index in [1.165, 1.54) is 11.1 Å². The second-order valence-corrected chi connectivity index (χ2v) is 5.45. The maximum atomic E-state index is 12.3. The van der Waals surface area contributed by atoms with E-state index in [0.717, 1.165) is 23.0 Å². The highest BCUT2D eigenvalue weighted by Crippen LogP contribution is 2.23. The third kappa shape index (κ3) is 2.75. The zero-order valence-electron chi connectivity index (χ0n) is 12.3. The molecule has 0 bridgehead atoms. The minimum atomic E-state index is 0.0638. The van der Waals surface area contributed by atoms with Crippen LogP contribution in [0.15, 0.2) is 52.9 Å². The molecule has 0 N–H and O–H groups in total. The van der Waals surface area contributed by atoms with Crippen molar-refractivity contribution in [1.82, 2.24) is 0 Å². The van der Waals surface area contributed by atoms with E-state index in [0.29, 0.717) is 12.2 Å². The molecule has 0 saturated heterocycles. The topological polar surface area (TPSA) is 30.2 Å². The summed E-state index contributed by atoms with van der Waals surface area (Å²) in [6.45, 7) is 4.07. The van der Waals surface area contributed by atoms with Gasteiger partial charge in [-0.05, 0) is 43.0 Å². The van der Waals surface area contributed by atoms with Gasteiger partial charge >= 0.3 is 0 Å². The Hall–Kier alpha value is -2.35. The van der Waals surface area contributed by atoms with Gasteiger partial charge in [0.15, 0.2) is 11.5 Å². The number of carbonyl (C=O) groups excluding carboxylic acids is 1. The summed E-state index contributed by atoms with van der Waals surface area (Å²) in [4.78, 5) is 12.3. The highest BCUT2D eigenvalue weighted by atomic mass is 16.3. The Morgan fingerprint density at radius 3 is 2.52 bits per heavy atom. The number of Topliss-reactive ketones (excluding diaryl/α,β-unsaturated/α-hetero) is 1. The van der Waals surface area contributed by atoms with Gasteiger partial charge in [-0.1, -0.05) is 42.5 Å². The highest BCUT2D eigenvalue weighted by Gasteiger charge is 2.13. The quantitative estimate of drug-likeness (QED) is 0.638. The number of hydrogen-bond acceptors (Lipinski definition) is 2. The fourth-order valence-electron chi connectivity index (χ4n) is 2.61. The summed E-state index contributed by atoms with van der Waals surface area (Å²) in [5.41, 5.74) is 4.33. The standard InChI is InChI=1S/C19H18O2/c1-13-6-3-4-8-15(13)10-11-17(20)18-12-16-9-5-7-14(2)19(16)21-18/h3-9,12H,10-11H2,1-2H3. The minimum absolute atomic E-state index is 0.0638. The van der Waals surface area contributed by atoms with Crippen molar-refractivity contribution < 1.29 is 9.21 Å². The number of hydrogen-bond donors (Lipinski definition) is 0. The number of ketones is 1. The number of fused-ring (bicyclic) bond motifs is 1. The Kier molecular flexibility index (Phi) is 3.61. The molecule has 0 aliphatic heterocycles. The lowest BCUT2D eigenvalue weighted by Gasteiger charge is -2.03. The van der Waals surface area contributed by atoms with Crippen molar-refractivity contribution in [3.05, 3.63) is 71.0 Å². The number of carbonyl (C=O) groups is 1. The van der Waals surface area contributed by atoms with Gasteiger partial charge in [-0.25, -0.2) is 0 Å². The van der Waals surface area contributed by atoms with Gasteiger partial charge in [0.25, 0.3) is 0 Å². The van der Waals surface area contributed by atoms with Crippen LogP contribution in [0.4, 0.5) is 0 Å². The van der Waals surface area contributed by atoms with Crippen LogP contribution in [-0.2, 0) is 6.42 Å². The van der Waals surface area contributed by atoms with Crippen LogP contribution in [0.3, 0.4) is 0 Å². The van der Waals surface area contributed by atoms with Gasteiger partial charge in [0.05, 0.1) is 0 Å². The fraction of sp³-hybridized carbons (Fsp3) is 0.211. The molecule has 0 amide bonds. The Balaban J connectivity index is 1.78. The van der Waals surface area contributed by atoms with E-state index in [2.05, 4.69) is 19.1 Å². The molecule has 106 valence electrons. The van der Waals surface area contributed by atoms with Crippen LogP contribution in [0.2, 0.25) is 0 Å². The van der Waals surface area contributed by atoms with E-state index in [1.807, 2.05) is 43.3 Å². The maximum absolute atomic E-state index is 12.3. The summed E-state index contributed by atoms with van der Waals surface area (Å²) in [6, 6.07) is 16.0. The molecule has 2 heteroatoms. The van der Waals surface area contributed by atoms with Crippen molar-refractivity contribution in [2.45, 2.75) is 26.7 Å². The van der Waals surface area contributed by atoms with Crippen molar-refractivity contribution in [3.8, 4) is 0 Å². The number of rotatable bonds is 4. The normalized spacial score (nSPS) is 11.0. The fourth-order valence-corrected chi connectivity index (χ4v) is 2.61. The van der Waals surface area contributed by atoms with Crippen LogP contribution in [-0.4, -0.2) is 5.78 Å². The van der Waals surface area contributed by atoms with Crippen LogP contribution in [0.1, 0.15) is 33.7 Å². The lowest BCUT2D eigenvalue weighted by Crippen LogP contribution is -2.00. The molecule has 0 aliphatic carbocycles. The first-order chi connectivity index (χ1) is 10.1. The first-order valence-electron chi connectivity index (χ1n) is 7.22. The molecule has 1 aromatic heterocycles. The third-order valence-corrected chi connectivity index (χ3v) is 3.90. The summed E-state index contributed by atoms with van der Waals surface area (Å²) < 4.78 is 5.73. The Labute approximate surface area is 124 Å². The zero-order valence-corrected chi connectivity index (χ0v) is 12.3. The molecule has 3 rings (SSSR count). The molecule has 1 heterocycles. The van der Waals surface area contributed by atoms with Gasteiger partial charge in [0.2, 0.25) is 0 Å². The van der Waals surface area contributed by atoms with Gasteiger partial charge in [0, 0.05) is 11.8 Å². The van der Waals surface area contributed by atoms with Gasteiger partial charge in [-0.3, -0.25) is 4.79 Å². The molecule has 0 saturated carbocycles. The number of benzene rings is 2. The van der Waals surface area contributed by atoms with E-state index in [1.54, 1.807) is 0 Å². The Morgan fingerprint density at radius 2 is 1.76 bits per heavy atom. The number of furan rings is 1. The van der Waals surface area contributed by atoms with Crippen molar-refractivity contribution in [3.63, 3.8) is 0 Å². The minimum Gasteiger partial charge on any atom is -0.453 e. The van der Waals surface area contributed by atoms with E-state index in [-0.39, 0.29) is 5.78 Å². The Bertz CT molecular complexity index is 796. The summed E-state index contributed by atoms with van der Waals surface area (Å²) in [5, 5.41) is 0.995. The van der Waals surface area contributed by atoms with E-state index < -0.39 is 0 Å². The first kappa shape index (κ1) is 13.6. The SMILES string of the molecule is Cc1ccccc1CCC(=O)c1cc2cccc(C)c2o1. The van der Waals surface area contributed by atoms with Gasteiger partial charge < -0.3 is 4.42 Å². The third-order valence-electron chi connectivity index (χ3n) is 3.90. The molecule has 0 fully saturated rings. The molecule has 2 nitrogen and oxygen atoms in total. The summed E-state index contributed by atoms with van der Waals surface area (Å²) in [7, 11) is 0. The molecule has 2 aromatic carbocycles. The molecule has 0 atom stereocenters. The van der Waals surface area contributed by atoms with E-state index in [4.69, 9.17) is 4.42 Å². The zero-order chi connectivity index (χ0) is 14.8. The average molecular weight is 278 g/mol. The molecule has 0 spiro atoms. The molecular weight excluding hydrogens is 260 g/mol. The highest BCUT2D eigenvalue weighted by molar-refractivity contribution is 5.98. The summed E-state index contributed by atoms with van der Waals surface area (Å²) in [5.74, 6) is 0.529. The molecule has 21 heavy (non-hydrogen) atoms. The molecule has 3 aromatic rings. The van der Waals surface area contributed by atoms with E-state index >= 15 is 0 Å². The van der Waals surface area contributed by atoms with Crippen LogP contribution in [0.5, 0.6) is 0 Å². The second kappa shape index (κ2) is 5.57. The van der Waals surface area contributed by atoms with Crippen LogP contribution >= 0.6 is 0 Å². The average Bonchev–Trinajstić information content (AvgIpc) is 2.92. The number of aryl methyl sites for hydroxylation is 3. The lowest BCUT2D eigenvalue weighted by molar-refractivity contribution is 0.0958. The number of para-hydroxylation sites is 1. The van der Waals surface area contributed by atoms with E-state index in [9.17, 15) is 4.79 Å². The van der Waals surface area contributed by atoms with Crippen molar-refractivity contribution >= 4 is 16.8 Å². The predicted molar refractivity (Wildman–Crippen MR) is 84.8 cm³/mol. The van der Waals surface area contributed by atoms with Gasteiger partial charge in [0.1, 0.15) is 5.58 Å². The summed E-state index contributed by atoms with van der Waals surface area (Å²) in [6.07, 6.45) is 1.23. The second-order valence-electron chi connectivity index (χ2n) is 5.45. The van der Waals surface area contributed by atoms with Crippen LogP contribution < -0.4 is 0 Å². The monoisotopic (exact) mass is 278 g/mol. The van der Waals surface area contributed by atoms with Crippen molar-refractivity contribution in [2.75, 3.05) is 0 Å². The maximum Gasteiger partial charge on any atom is 0.198 e. The molecule has 0 radical (unpaired) electrons. The van der Waals surface area contributed by atoms with Crippen molar-refractivity contribution in [1.29, 1.82) is 0 Å². The Morgan fingerprint density at radius 1 is 1.00 bits per heavy atom. The first-order valence-corrected chi connectivity index (χ1v) is 7.22. The lowest BCUT2D eigenvalue weighted by atomic mass is 10.0. The van der Waals surface area contributed by atoms with Crippen molar-refractivity contribution in [2.24, 2.45) is 0 Å².